The summed E-state index contributed by atoms with van der Waals surface area (Å²) >= 11 is 0. The van der Waals surface area contributed by atoms with E-state index in [0.717, 1.165) is 32.1 Å². The molecule has 5 aliphatic heterocycles. The lowest BCUT2D eigenvalue weighted by Gasteiger charge is -2.72. The standard InChI is InChI=1S/C70H92N2O13/c1-38-49(39(2)74)53(76)51-43(52(38)75)24-40(59(80)81)25-46(51)83-60-54(77)56(78)70-27-45-50-42(47(85-70)28-64(16-7-8-17-64)57(79)58(70)84-60)10-11-44(50)68(18-9-23-73)37-82-30-41-26-65-35-67(29-48(65)71-72-69(45,36-65)55(41)68)34-63(20-19-61(31-63)12-3-4-13-61)33-66(67)22-21-62(32-66)14-5-6-15-62/h11,24-25,41,45,47-48,54-58,60,71-73,75-79H,3-10,12-23,26-37H2,1-2H3,(H,80,81). The average Bonchev–Trinajstić information content (AvgIpc) is 1.60. The fourth-order valence-corrected chi connectivity index (χ4v) is 26.4. The quantitative estimate of drug-likeness (QED) is 0.0926. The highest BCUT2D eigenvalue weighted by Gasteiger charge is 2.80. The lowest BCUT2D eigenvalue weighted by molar-refractivity contribution is -0.340. The molecule has 9 N–H and O–H groups in total. The summed E-state index contributed by atoms with van der Waals surface area (Å²) in [6.45, 7) is 4.04. The van der Waals surface area contributed by atoms with Crippen molar-refractivity contribution in [3.05, 3.63) is 51.6 Å². The van der Waals surface area contributed by atoms with Crippen molar-refractivity contribution < 1.29 is 64.3 Å². The number of ketones is 1. The van der Waals surface area contributed by atoms with Gasteiger partial charge in [0.15, 0.2) is 5.78 Å². The van der Waals surface area contributed by atoms with E-state index in [1.807, 2.05) is 0 Å². The smallest absolute Gasteiger partial charge is 0.335 e. The van der Waals surface area contributed by atoms with Crippen LogP contribution in [0.3, 0.4) is 0 Å². The summed E-state index contributed by atoms with van der Waals surface area (Å²) in [6.07, 6.45) is 27.1. The SMILES string of the molecule is CC(=O)c1c(C)c(O)c2cc(C(=O)O)cc(OC3OC4C(O)C5(CCCC5)CC5OC4(CC4C6=C5CC=C6C5(CCCO)COCC6CC78CC4(NNC7CC4(CC7(CCC9(CCCC9)C7)CC47CCC4(CCCC4)C7)C8)C65)C(O)C3O)c2c1O. The van der Waals surface area contributed by atoms with Crippen molar-refractivity contribution in [2.75, 3.05) is 19.8 Å². The van der Waals surface area contributed by atoms with Crippen molar-refractivity contribution in [2.24, 2.45) is 61.1 Å². The minimum Gasteiger partial charge on any atom is -0.507 e. The number of carbonyl (C=O) groups excluding carboxylic acids is 1. The second kappa shape index (κ2) is 18.3. The largest absolute Gasteiger partial charge is 0.507 e. The van der Waals surface area contributed by atoms with Gasteiger partial charge in [0.1, 0.15) is 41.2 Å². The van der Waals surface area contributed by atoms with Crippen LogP contribution in [0.15, 0.2) is 34.9 Å². The Morgan fingerprint density at radius 2 is 1.47 bits per heavy atom. The molecular weight excluding hydrogens is 1080 g/mol. The number of carboxylic acids is 1. The highest BCUT2D eigenvalue weighted by molar-refractivity contribution is 6.11. The molecule has 15 heteroatoms. The molecule has 4 bridgehead atoms. The number of hydrogen-bond donors (Lipinski definition) is 9. The number of rotatable bonds is 7. The topological polar surface area (TPSA) is 237 Å². The molecule has 13 fully saturated rings. The van der Waals surface area contributed by atoms with Crippen LogP contribution in [0.2, 0.25) is 0 Å². The fraction of sp³-hybridized carbons (Fsp3) is 0.771. The van der Waals surface area contributed by atoms with Gasteiger partial charge in [-0.25, -0.2) is 4.79 Å². The van der Waals surface area contributed by atoms with Gasteiger partial charge in [-0.2, -0.15) is 0 Å². The second-order valence-electron chi connectivity index (χ2n) is 32.6. The number of carbonyl (C=O) groups is 2. The molecule has 0 radical (unpaired) electrons. The number of ether oxygens (including phenoxy) is 4. The van der Waals surface area contributed by atoms with Gasteiger partial charge in [-0.1, -0.05) is 44.6 Å². The molecule has 17 unspecified atom stereocenters. The Bertz CT molecular complexity index is 3270. The van der Waals surface area contributed by atoms with Crippen LogP contribution < -0.4 is 15.6 Å². The number of aliphatic hydroxyl groups is 4. The molecule has 4 saturated heterocycles. The zero-order chi connectivity index (χ0) is 58.3. The molecule has 0 amide bonds. The molecule has 5 heterocycles. The summed E-state index contributed by atoms with van der Waals surface area (Å²) in [4.78, 5) is 25.9. The molecule has 10 aliphatic carbocycles. The number of allylic oxidation sites excluding steroid dienone is 1. The fourth-order valence-electron chi connectivity index (χ4n) is 26.4. The first kappa shape index (κ1) is 55.4. The third-order valence-corrected chi connectivity index (χ3v) is 28.9. The van der Waals surface area contributed by atoms with Gasteiger partial charge in [-0.3, -0.25) is 15.6 Å². The van der Waals surface area contributed by atoms with E-state index in [0.29, 0.717) is 67.0 Å². The Labute approximate surface area is 499 Å². The summed E-state index contributed by atoms with van der Waals surface area (Å²) in [5.41, 5.74) is 10.7. The first-order valence-electron chi connectivity index (χ1n) is 33.7. The van der Waals surface area contributed by atoms with Gasteiger partial charge in [0, 0.05) is 52.5 Å². The van der Waals surface area contributed by atoms with Crippen molar-refractivity contribution in [3.63, 3.8) is 0 Å². The Hall–Kier alpha value is -3.64. The van der Waals surface area contributed by atoms with Crippen molar-refractivity contribution in [1.82, 2.24) is 10.9 Å². The monoisotopic (exact) mass is 1170 g/mol. The van der Waals surface area contributed by atoms with Crippen molar-refractivity contribution in [1.29, 1.82) is 0 Å². The average molecular weight is 1170 g/mol. The Morgan fingerprint density at radius 1 is 0.765 bits per heavy atom. The summed E-state index contributed by atoms with van der Waals surface area (Å²) in [5.74, 6) is -3.06. The summed E-state index contributed by atoms with van der Waals surface area (Å²) in [5, 5.41) is 84.6. The van der Waals surface area contributed by atoms with Crippen LogP contribution in [0.25, 0.3) is 10.8 Å². The maximum absolute atomic E-state index is 13.6. The van der Waals surface area contributed by atoms with Crippen LogP contribution in [-0.4, -0.2) is 121 Å². The summed E-state index contributed by atoms with van der Waals surface area (Å²) in [6, 6.07) is 2.64. The zero-order valence-corrected chi connectivity index (χ0v) is 50.2. The number of aromatic carboxylic acids is 1. The number of fused-ring (bicyclic) bond motifs is 5. The zero-order valence-electron chi connectivity index (χ0n) is 50.2. The van der Waals surface area contributed by atoms with E-state index >= 15 is 0 Å². The number of carboxylic acid groups (broad SMARTS) is 1. The lowest BCUT2D eigenvalue weighted by Crippen LogP contribution is -2.81. The first-order chi connectivity index (χ1) is 40.8. The number of phenolic OH excluding ortho intramolecular Hbond substituents is 2. The molecule has 0 aromatic heterocycles. The van der Waals surface area contributed by atoms with E-state index in [1.54, 1.807) is 0 Å². The molecule has 17 rings (SSSR count). The van der Waals surface area contributed by atoms with Gasteiger partial charge < -0.3 is 54.7 Å². The number of phenols is 2. The number of Topliss-reactive ketones (excluding diaryl/α,β-unsaturated/α-hetero) is 1. The highest BCUT2D eigenvalue weighted by atomic mass is 16.7. The van der Waals surface area contributed by atoms with Gasteiger partial charge in [0.2, 0.25) is 6.29 Å². The lowest BCUT2D eigenvalue weighted by atomic mass is 9.38. The number of hydrazine groups is 1. The van der Waals surface area contributed by atoms with E-state index < -0.39 is 82.0 Å². The maximum atomic E-state index is 13.6. The summed E-state index contributed by atoms with van der Waals surface area (Å²) in [7, 11) is 0. The minimum absolute atomic E-state index is 0.0538. The number of benzene rings is 2. The van der Waals surface area contributed by atoms with Crippen molar-refractivity contribution in [3.8, 4) is 17.2 Å². The highest BCUT2D eigenvalue weighted by Crippen LogP contribution is 2.84. The van der Waals surface area contributed by atoms with Gasteiger partial charge in [0.05, 0.1) is 35.3 Å². The minimum atomic E-state index is -1.82. The van der Waals surface area contributed by atoms with E-state index in [1.165, 1.54) is 158 Å². The van der Waals surface area contributed by atoms with Gasteiger partial charge in [0.25, 0.3) is 0 Å². The molecule has 460 valence electrons. The molecular formula is C70H92N2O13. The van der Waals surface area contributed by atoms with Crippen molar-refractivity contribution >= 4 is 22.5 Å². The molecule has 17 atom stereocenters. The number of nitrogens with one attached hydrogen (secondary N) is 2. The predicted octanol–water partition coefficient (Wildman–Crippen LogP) is 10.4. The Kier molecular flexibility index (Phi) is 11.9. The van der Waals surface area contributed by atoms with Crippen LogP contribution in [0.5, 0.6) is 17.2 Å². The predicted molar refractivity (Wildman–Crippen MR) is 314 cm³/mol. The molecule has 9 saturated carbocycles. The normalized spacial score (nSPS) is 46.1. The molecule has 15 aliphatic rings. The molecule has 2 aromatic rings. The van der Waals surface area contributed by atoms with Gasteiger partial charge in [-0.15, -0.1) is 0 Å². The van der Waals surface area contributed by atoms with Crippen LogP contribution in [0.4, 0.5) is 0 Å². The second-order valence-corrected chi connectivity index (χ2v) is 32.6. The number of aromatic hydroxyl groups is 2. The van der Waals surface area contributed by atoms with Crippen LogP contribution >= 0.6 is 0 Å². The molecule has 15 nitrogen and oxygen atoms in total. The maximum Gasteiger partial charge on any atom is 0.335 e. The van der Waals surface area contributed by atoms with Gasteiger partial charge >= 0.3 is 5.97 Å². The van der Waals surface area contributed by atoms with E-state index in [4.69, 9.17) is 18.9 Å². The number of hydrogen-bond acceptors (Lipinski definition) is 14. The number of aliphatic hydroxyl groups excluding tert-OH is 4. The Morgan fingerprint density at radius 3 is 2.21 bits per heavy atom. The van der Waals surface area contributed by atoms with Crippen LogP contribution in [0.1, 0.15) is 219 Å². The van der Waals surface area contributed by atoms with E-state index in [-0.39, 0.29) is 80.9 Å². The third kappa shape index (κ3) is 7.17. The third-order valence-electron chi connectivity index (χ3n) is 28.9. The Balaban J connectivity index is 0.802. The first-order valence-corrected chi connectivity index (χ1v) is 33.7. The van der Waals surface area contributed by atoms with E-state index in [9.17, 15) is 45.3 Å². The van der Waals surface area contributed by atoms with Crippen molar-refractivity contribution in [2.45, 2.75) is 254 Å². The van der Waals surface area contributed by atoms with E-state index in [2.05, 4.69) is 16.9 Å². The molecule has 2 aromatic carbocycles. The van der Waals surface area contributed by atoms with Crippen LogP contribution in [0, 0.1) is 68.0 Å². The molecule has 9 spiro atoms. The van der Waals surface area contributed by atoms with Crippen LogP contribution in [-0.2, 0) is 14.2 Å². The summed E-state index contributed by atoms with van der Waals surface area (Å²) < 4.78 is 28.7. The van der Waals surface area contributed by atoms with Gasteiger partial charge in [-0.05, 0) is 235 Å². The molecule has 85 heavy (non-hydrogen) atoms.